The molecule has 3 rings (SSSR count). The van der Waals surface area contributed by atoms with Gasteiger partial charge < -0.3 is 14.4 Å². The minimum atomic E-state index is -0.708. The van der Waals surface area contributed by atoms with E-state index in [-0.39, 0.29) is 19.6 Å². The fraction of sp³-hybridized carbons (Fsp3) is 0.160. The van der Waals surface area contributed by atoms with Crippen LogP contribution in [0.3, 0.4) is 0 Å². The first kappa shape index (κ1) is 22.5. The number of anilines is 1. The van der Waals surface area contributed by atoms with E-state index in [0.29, 0.717) is 11.4 Å². The van der Waals surface area contributed by atoms with Gasteiger partial charge in [0.25, 0.3) is 5.91 Å². The summed E-state index contributed by atoms with van der Waals surface area (Å²) in [7, 11) is 0. The number of nitriles is 1. The fourth-order valence-corrected chi connectivity index (χ4v) is 3.03. The molecule has 0 saturated heterocycles. The predicted molar refractivity (Wildman–Crippen MR) is 117 cm³/mol. The first-order valence-electron chi connectivity index (χ1n) is 9.94. The molecule has 0 bridgehead atoms. The molecule has 7 heteroatoms. The highest BCUT2D eigenvalue weighted by Gasteiger charge is 2.18. The molecule has 3 aromatic carbocycles. The summed E-state index contributed by atoms with van der Waals surface area (Å²) >= 11 is 0. The molecule has 6 nitrogen and oxygen atoms in total. The van der Waals surface area contributed by atoms with E-state index in [9.17, 15) is 14.0 Å². The van der Waals surface area contributed by atoms with Gasteiger partial charge in [-0.2, -0.15) is 5.26 Å². The zero-order chi connectivity index (χ0) is 22.8. The predicted octanol–water partition coefficient (Wildman–Crippen LogP) is 4.36. The molecule has 0 fully saturated rings. The van der Waals surface area contributed by atoms with Crippen molar-refractivity contribution in [3.8, 4) is 22.9 Å². The zero-order valence-corrected chi connectivity index (χ0v) is 17.2. The van der Waals surface area contributed by atoms with Crippen LogP contribution in [0.25, 0.3) is 11.1 Å². The van der Waals surface area contributed by atoms with Gasteiger partial charge in [0.15, 0.2) is 13.2 Å². The van der Waals surface area contributed by atoms with Gasteiger partial charge in [-0.1, -0.05) is 48.5 Å². The van der Waals surface area contributed by atoms with Gasteiger partial charge in [0.05, 0.1) is 12.5 Å². The van der Waals surface area contributed by atoms with Gasteiger partial charge in [-0.25, -0.2) is 9.18 Å². The van der Waals surface area contributed by atoms with E-state index in [1.54, 1.807) is 12.1 Å². The smallest absolute Gasteiger partial charge is 0.344 e. The molecule has 1 amide bonds. The number of carbonyl (C=O) groups is 2. The molecule has 0 heterocycles. The van der Waals surface area contributed by atoms with E-state index < -0.39 is 24.3 Å². The summed E-state index contributed by atoms with van der Waals surface area (Å²) in [4.78, 5) is 26.0. The van der Waals surface area contributed by atoms with Gasteiger partial charge in [-0.3, -0.25) is 4.79 Å². The number of esters is 1. The van der Waals surface area contributed by atoms with Crippen molar-refractivity contribution in [3.63, 3.8) is 0 Å². The lowest BCUT2D eigenvalue weighted by atomic mass is 10.1. The largest absolute Gasteiger partial charge is 0.481 e. The SMILES string of the molecule is N#CCCN(C(=O)COC(=O)COc1ccccc1-c1ccccc1)c1ccc(F)cc1. The quantitative estimate of drug-likeness (QED) is 0.470. The van der Waals surface area contributed by atoms with Gasteiger partial charge in [0, 0.05) is 17.8 Å². The third-order valence-corrected chi connectivity index (χ3v) is 4.56. The number of carbonyl (C=O) groups excluding carboxylic acids is 2. The Balaban J connectivity index is 1.58. The maximum Gasteiger partial charge on any atom is 0.344 e. The molecule has 0 aliphatic heterocycles. The van der Waals surface area contributed by atoms with Crippen LogP contribution in [0.15, 0.2) is 78.9 Å². The number of halogens is 1. The lowest BCUT2D eigenvalue weighted by Gasteiger charge is -2.21. The van der Waals surface area contributed by atoms with Crippen LogP contribution in [0, 0.1) is 17.1 Å². The number of benzene rings is 3. The zero-order valence-electron chi connectivity index (χ0n) is 17.2. The highest BCUT2D eigenvalue weighted by molar-refractivity contribution is 5.95. The normalized spacial score (nSPS) is 10.1. The van der Waals surface area contributed by atoms with Crippen LogP contribution in [-0.2, 0) is 14.3 Å². The number of hydrogen-bond donors (Lipinski definition) is 0. The van der Waals surface area contributed by atoms with E-state index in [1.807, 2.05) is 48.5 Å². The minimum absolute atomic E-state index is 0.0798. The van der Waals surface area contributed by atoms with E-state index in [0.717, 1.165) is 11.1 Å². The molecule has 32 heavy (non-hydrogen) atoms. The first-order valence-corrected chi connectivity index (χ1v) is 9.94. The average molecular weight is 432 g/mol. The second-order valence-electron chi connectivity index (χ2n) is 6.74. The topological polar surface area (TPSA) is 79.6 Å². The third kappa shape index (κ3) is 6.16. The van der Waals surface area contributed by atoms with Crippen molar-refractivity contribution in [2.45, 2.75) is 6.42 Å². The van der Waals surface area contributed by atoms with Gasteiger partial charge in [0.2, 0.25) is 0 Å². The van der Waals surface area contributed by atoms with Crippen molar-refractivity contribution in [1.82, 2.24) is 0 Å². The number of hydrogen-bond acceptors (Lipinski definition) is 5. The number of rotatable bonds is 9. The van der Waals surface area contributed by atoms with Crippen LogP contribution in [0.4, 0.5) is 10.1 Å². The first-order chi connectivity index (χ1) is 15.6. The Hall–Kier alpha value is -4.18. The highest BCUT2D eigenvalue weighted by atomic mass is 19.1. The molecule has 0 aliphatic rings. The van der Waals surface area contributed by atoms with Crippen molar-refractivity contribution >= 4 is 17.6 Å². The van der Waals surface area contributed by atoms with E-state index >= 15 is 0 Å². The molecular weight excluding hydrogens is 411 g/mol. The Labute approximate surface area is 185 Å². The summed E-state index contributed by atoms with van der Waals surface area (Å²) in [5.41, 5.74) is 2.19. The maximum absolute atomic E-state index is 13.2. The molecular formula is C25H21FN2O4. The van der Waals surface area contributed by atoms with Gasteiger partial charge in [-0.05, 0) is 35.9 Å². The van der Waals surface area contributed by atoms with Gasteiger partial charge in [-0.15, -0.1) is 0 Å². The minimum Gasteiger partial charge on any atom is -0.481 e. The van der Waals surface area contributed by atoms with Gasteiger partial charge >= 0.3 is 5.97 Å². The molecule has 0 N–H and O–H groups in total. The molecule has 0 saturated carbocycles. The third-order valence-electron chi connectivity index (χ3n) is 4.56. The van der Waals surface area contributed by atoms with Crippen molar-refractivity contribution in [3.05, 3.63) is 84.7 Å². The summed E-state index contributed by atoms with van der Waals surface area (Å²) in [6, 6.07) is 24.1. The lowest BCUT2D eigenvalue weighted by Crippen LogP contribution is -2.36. The van der Waals surface area contributed by atoms with Crippen LogP contribution in [0.1, 0.15) is 6.42 Å². The molecule has 0 radical (unpaired) electrons. The maximum atomic E-state index is 13.2. The summed E-state index contributed by atoms with van der Waals surface area (Å²) < 4.78 is 23.9. The number of amides is 1. The van der Waals surface area contributed by atoms with Crippen molar-refractivity contribution in [2.75, 3.05) is 24.7 Å². The number of nitrogens with zero attached hydrogens (tertiary/aromatic N) is 2. The Morgan fingerprint density at radius 3 is 2.31 bits per heavy atom. The fourth-order valence-electron chi connectivity index (χ4n) is 3.03. The second-order valence-corrected chi connectivity index (χ2v) is 6.74. The Morgan fingerprint density at radius 1 is 0.906 bits per heavy atom. The molecule has 0 aromatic heterocycles. The van der Waals surface area contributed by atoms with E-state index in [1.165, 1.54) is 29.2 Å². The molecule has 162 valence electrons. The van der Waals surface area contributed by atoms with Crippen LogP contribution in [-0.4, -0.2) is 31.6 Å². The molecule has 0 aliphatic carbocycles. The van der Waals surface area contributed by atoms with Crippen LogP contribution < -0.4 is 9.64 Å². The summed E-state index contributed by atoms with van der Waals surface area (Å²) in [5.74, 6) is -1.16. The lowest BCUT2D eigenvalue weighted by molar-refractivity contribution is -0.149. The van der Waals surface area contributed by atoms with Crippen molar-refractivity contribution in [1.29, 1.82) is 5.26 Å². The van der Waals surface area contributed by atoms with E-state index in [4.69, 9.17) is 14.7 Å². The van der Waals surface area contributed by atoms with Crippen molar-refractivity contribution in [2.24, 2.45) is 0 Å². The monoisotopic (exact) mass is 432 g/mol. The molecule has 0 unspecified atom stereocenters. The van der Waals surface area contributed by atoms with Crippen LogP contribution in [0.2, 0.25) is 0 Å². The van der Waals surface area contributed by atoms with E-state index in [2.05, 4.69) is 0 Å². The highest BCUT2D eigenvalue weighted by Crippen LogP contribution is 2.29. The molecule has 0 atom stereocenters. The molecule has 3 aromatic rings. The molecule has 0 spiro atoms. The summed E-state index contributed by atoms with van der Waals surface area (Å²) in [6.45, 7) is -0.795. The standard InChI is InChI=1S/C25H21FN2O4/c26-20-11-13-21(14-12-20)28(16-6-15-27)24(29)17-32-25(30)18-31-23-10-5-4-9-22(23)19-7-2-1-3-8-19/h1-5,7-14H,6,16-18H2. The Morgan fingerprint density at radius 2 is 1.59 bits per heavy atom. The Kier molecular flexibility index (Phi) is 7.93. The number of para-hydroxylation sites is 1. The summed E-state index contributed by atoms with van der Waals surface area (Å²) in [6.07, 6.45) is 0.0798. The second kappa shape index (κ2) is 11.3. The Bertz CT molecular complexity index is 1090. The van der Waals surface area contributed by atoms with Crippen LogP contribution in [0.5, 0.6) is 5.75 Å². The van der Waals surface area contributed by atoms with Crippen molar-refractivity contribution < 1.29 is 23.5 Å². The van der Waals surface area contributed by atoms with Gasteiger partial charge in [0.1, 0.15) is 11.6 Å². The number of ether oxygens (including phenoxy) is 2. The van der Waals surface area contributed by atoms with Crippen LogP contribution >= 0.6 is 0 Å². The average Bonchev–Trinajstić information content (AvgIpc) is 2.83. The summed E-state index contributed by atoms with van der Waals surface area (Å²) in [5, 5.41) is 8.84.